The number of benzene rings is 1. The van der Waals surface area contributed by atoms with Gasteiger partial charge in [-0.05, 0) is 26.3 Å². The van der Waals surface area contributed by atoms with Gasteiger partial charge in [-0.25, -0.2) is 0 Å². The van der Waals surface area contributed by atoms with Crippen LogP contribution in [0.1, 0.15) is 42.6 Å². The van der Waals surface area contributed by atoms with Gasteiger partial charge < -0.3 is 19.5 Å². The van der Waals surface area contributed by atoms with Gasteiger partial charge in [-0.3, -0.25) is 9.59 Å². The molecule has 7 heteroatoms. The molecule has 1 aromatic heterocycles. The molecule has 0 saturated heterocycles. The Morgan fingerprint density at radius 2 is 2.00 bits per heavy atom. The van der Waals surface area contributed by atoms with E-state index in [9.17, 15) is 9.59 Å². The van der Waals surface area contributed by atoms with Crippen molar-refractivity contribution in [1.29, 1.82) is 0 Å². The fourth-order valence-electron chi connectivity index (χ4n) is 2.54. The van der Waals surface area contributed by atoms with Gasteiger partial charge in [-0.2, -0.15) is 0 Å². The first-order valence-corrected chi connectivity index (χ1v) is 9.22. The minimum absolute atomic E-state index is 0.0660. The third-order valence-electron chi connectivity index (χ3n) is 3.93. The normalized spacial score (nSPS) is 12.3. The molecule has 2 amide bonds. The van der Waals surface area contributed by atoms with Crippen LogP contribution in [0.3, 0.4) is 0 Å². The Kier molecular flexibility index (Phi) is 7.95. The van der Waals surface area contributed by atoms with Crippen molar-refractivity contribution in [3.63, 3.8) is 0 Å². The van der Waals surface area contributed by atoms with Crippen molar-refractivity contribution in [1.82, 2.24) is 15.4 Å². The molecule has 28 heavy (non-hydrogen) atoms. The molecule has 0 radical (unpaired) electrons. The smallest absolute Gasteiger partial charge is 0.274 e. The zero-order chi connectivity index (χ0) is 20.5. The third kappa shape index (κ3) is 6.35. The van der Waals surface area contributed by atoms with Crippen LogP contribution in [0.15, 0.2) is 53.2 Å². The number of allylic oxidation sites excluding steroid dienone is 1. The number of hydrogen-bond donors (Lipinski definition) is 1. The molecule has 7 nitrogen and oxygen atoms in total. The summed E-state index contributed by atoms with van der Waals surface area (Å²) in [5.74, 6) is -0.188. The Morgan fingerprint density at radius 1 is 1.29 bits per heavy atom. The van der Waals surface area contributed by atoms with Gasteiger partial charge in [0, 0.05) is 25.7 Å². The summed E-state index contributed by atoms with van der Waals surface area (Å²) in [7, 11) is 1.63. The number of aromatic nitrogens is 1. The number of rotatable bonds is 9. The molecule has 2 rings (SSSR count). The molecule has 0 aliphatic heterocycles. The van der Waals surface area contributed by atoms with E-state index in [0.29, 0.717) is 12.2 Å². The third-order valence-corrected chi connectivity index (χ3v) is 3.93. The summed E-state index contributed by atoms with van der Waals surface area (Å²) in [5.41, 5.74) is 1.18. The van der Waals surface area contributed by atoms with Crippen LogP contribution in [-0.2, 0) is 16.0 Å². The molecule has 1 atom stereocenters. The van der Waals surface area contributed by atoms with Gasteiger partial charge in [0.25, 0.3) is 11.8 Å². The molecule has 0 fully saturated rings. The number of nitrogens with one attached hydrogen (secondary N) is 1. The molecular formula is C21H27N3O4. The fourth-order valence-corrected chi connectivity index (χ4v) is 2.54. The van der Waals surface area contributed by atoms with E-state index in [2.05, 4.69) is 10.5 Å². The Hall–Kier alpha value is -2.93. The number of carbonyl (C=O) groups is 2. The van der Waals surface area contributed by atoms with E-state index in [1.54, 1.807) is 25.4 Å². The van der Waals surface area contributed by atoms with Gasteiger partial charge in [0.15, 0.2) is 5.69 Å². The monoisotopic (exact) mass is 385 g/mol. The Morgan fingerprint density at radius 3 is 2.64 bits per heavy atom. The molecule has 0 unspecified atom stereocenters. The molecule has 150 valence electrons. The van der Waals surface area contributed by atoms with Crippen LogP contribution in [0.2, 0.25) is 0 Å². The Balaban J connectivity index is 2.06. The van der Waals surface area contributed by atoms with Gasteiger partial charge in [0.2, 0.25) is 0 Å². The first-order chi connectivity index (χ1) is 13.4. The van der Waals surface area contributed by atoms with E-state index in [1.165, 1.54) is 4.90 Å². The minimum atomic E-state index is -0.828. The highest BCUT2D eigenvalue weighted by Gasteiger charge is 2.25. The molecule has 2 aromatic rings. The summed E-state index contributed by atoms with van der Waals surface area (Å²) in [4.78, 5) is 26.6. The number of amides is 2. The molecule has 0 aliphatic rings. The van der Waals surface area contributed by atoms with Crippen molar-refractivity contribution in [3.05, 3.63) is 65.7 Å². The van der Waals surface area contributed by atoms with Gasteiger partial charge in [0.05, 0.1) is 12.7 Å². The van der Waals surface area contributed by atoms with Gasteiger partial charge in [-0.1, -0.05) is 41.6 Å². The Labute approximate surface area is 165 Å². The maximum absolute atomic E-state index is 12.6. The van der Waals surface area contributed by atoms with Crippen molar-refractivity contribution in [2.24, 2.45) is 0 Å². The SMILES string of the molecule is C/C=C/N(C)C(=O)[C@H](COC(C)C)NC(=O)c1cc(Cc2ccccc2)on1. The van der Waals surface area contributed by atoms with Crippen LogP contribution in [0, 0.1) is 0 Å². The molecule has 0 aliphatic carbocycles. The van der Waals surface area contributed by atoms with E-state index in [-0.39, 0.29) is 24.3 Å². The van der Waals surface area contributed by atoms with Gasteiger partial charge in [-0.15, -0.1) is 0 Å². The first kappa shape index (κ1) is 21.4. The average Bonchev–Trinajstić information content (AvgIpc) is 3.14. The number of likely N-dealkylation sites (N-methyl/N-ethyl adjacent to an activating group) is 1. The summed E-state index contributed by atoms with van der Waals surface area (Å²) in [6.07, 6.45) is 3.84. The van der Waals surface area contributed by atoms with E-state index in [0.717, 1.165) is 5.56 Å². The van der Waals surface area contributed by atoms with Crippen molar-refractivity contribution < 1.29 is 18.8 Å². The van der Waals surface area contributed by atoms with Crippen LogP contribution in [0.25, 0.3) is 0 Å². The standard InChI is InChI=1S/C21H27N3O4/c1-5-11-24(4)21(26)19(14-27-15(2)3)22-20(25)18-13-17(28-23-18)12-16-9-7-6-8-10-16/h5-11,13,15,19H,12,14H2,1-4H3,(H,22,25)/b11-5+/t19-/m0/s1. The highest BCUT2D eigenvalue weighted by atomic mass is 16.5. The second-order valence-electron chi connectivity index (χ2n) is 6.68. The second kappa shape index (κ2) is 10.4. The van der Waals surface area contributed by atoms with E-state index < -0.39 is 11.9 Å². The topological polar surface area (TPSA) is 84.7 Å². The van der Waals surface area contributed by atoms with E-state index >= 15 is 0 Å². The lowest BCUT2D eigenvalue weighted by Crippen LogP contribution is -2.49. The van der Waals surface area contributed by atoms with E-state index in [4.69, 9.17) is 9.26 Å². The Bertz CT molecular complexity index is 799. The van der Waals surface area contributed by atoms with Crippen LogP contribution in [-0.4, -0.2) is 47.7 Å². The largest absolute Gasteiger partial charge is 0.376 e. The predicted molar refractivity (Wildman–Crippen MR) is 106 cm³/mol. The molecule has 0 saturated carbocycles. The highest BCUT2D eigenvalue weighted by molar-refractivity contribution is 5.96. The van der Waals surface area contributed by atoms with E-state index in [1.807, 2.05) is 51.1 Å². The first-order valence-electron chi connectivity index (χ1n) is 9.22. The zero-order valence-corrected chi connectivity index (χ0v) is 16.7. The second-order valence-corrected chi connectivity index (χ2v) is 6.68. The number of carbonyl (C=O) groups excluding carboxylic acids is 2. The van der Waals surface area contributed by atoms with Crippen LogP contribution >= 0.6 is 0 Å². The minimum Gasteiger partial charge on any atom is -0.376 e. The summed E-state index contributed by atoms with van der Waals surface area (Å²) < 4.78 is 10.8. The van der Waals surface area contributed by atoms with Gasteiger partial charge >= 0.3 is 0 Å². The zero-order valence-electron chi connectivity index (χ0n) is 16.7. The molecule has 1 N–H and O–H groups in total. The maximum Gasteiger partial charge on any atom is 0.274 e. The molecule has 0 bridgehead atoms. The van der Waals surface area contributed by atoms with Crippen LogP contribution in [0.4, 0.5) is 0 Å². The summed E-state index contributed by atoms with van der Waals surface area (Å²) >= 11 is 0. The predicted octanol–water partition coefficient (Wildman–Crippen LogP) is 2.78. The number of ether oxygens (including phenoxy) is 1. The summed E-state index contributed by atoms with van der Waals surface area (Å²) in [6, 6.07) is 10.5. The lowest BCUT2D eigenvalue weighted by atomic mass is 10.1. The summed E-state index contributed by atoms with van der Waals surface area (Å²) in [6.45, 7) is 5.61. The average molecular weight is 385 g/mol. The van der Waals surface area contributed by atoms with Crippen molar-refractivity contribution >= 4 is 11.8 Å². The number of hydrogen-bond acceptors (Lipinski definition) is 5. The molecular weight excluding hydrogens is 358 g/mol. The van der Waals surface area contributed by atoms with Crippen molar-refractivity contribution in [2.45, 2.75) is 39.3 Å². The van der Waals surface area contributed by atoms with Crippen molar-refractivity contribution in [2.75, 3.05) is 13.7 Å². The molecule has 0 spiro atoms. The van der Waals surface area contributed by atoms with Crippen LogP contribution in [0.5, 0.6) is 0 Å². The molecule has 1 aromatic carbocycles. The van der Waals surface area contributed by atoms with Crippen molar-refractivity contribution in [3.8, 4) is 0 Å². The highest BCUT2D eigenvalue weighted by Crippen LogP contribution is 2.11. The van der Waals surface area contributed by atoms with Crippen LogP contribution < -0.4 is 5.32 Å². The lowest BCUT2D eigenvalue weighted by Gasteiger charge is -2.22. The quantitative estimate of drug-likeness (QED) is 0.717. The maximum atomic E-state index is 12.6. The molecule has 1 heterocycles. The summed E-state index contributed by atoms with van der Waals surface area (Å²) in [5, 5.41) is 6.53. The number of nitrogens with zero attached hydrogens (tertiary/aromatic N) is 2. The lowest BCUT2D eigenvalue weighted by molar-refractivity contribution is -0.131. The fraction of sp³-hybridized carbons (Fsp3) is 0.381. The van der Waals surface area contributed by atoms with Gasteiger partial charge in [0.1, 0.15) is 11.8 Å².